The van der Waals surface area contributed by atoms with E-state index in [4.69, 9.17) is 0 Å². The topological polar surface area (TPSA) is 61.4 Å². The Kier molecular flexibility index (Phi) is 13.5. The molecule has 2 fully saturated rings. The number of aryl methyl sites for hydroxylation is 4. The number of amides is 2. The molecule has 2 aromatic rings. The average Bonchev–Trinajstić information content (AvgIpc) is 3.01. The van der Waals surface area contributed by atoms with Crippen LogP contribution in [0.1, 0.15) is 113 Å². The standard InChI is InChI=1S/C39H60N4O2/c1-6-7-27-43(28-15-9-8-11-24-35(43)39(45)41-37-32(4)21-18-22-33(37)5)29-16-10-13-25-42-26-14-12-23-34(42)38(44)40-36-30(2)19-17-20-31(36)3/h17-22,34-35H,6-16,23-29H2,1-5H3,(H-,40,41,44,45)/p+1. The Morgan fingerprint density at radius 2 is 1.29 bits per heavy atom. The molecule has 4 rings (SSSR count). The van der Waals surface area contributed by atoms with Gasteiger partial charge < -0.3 is 15.1 Å². The number of benzene rings is 2. The second-order valence-corrected chi connectivity index (χ2v) is 14.1. The van der Waals surface area contributed by atoms with E-state index in [1.807, 2.05) is 0 Å². The van der Waals surface area contributed by atoms with Gasteiger partial charge in [-0.1, -0.05) is 62.6 Å². The minimum absolute atomic E-state index is 0.0101. The van der Waals surface area contributed by atoms with E-state index in [0.29, 0.717) is 0 Å². The van der Waals surface area contributed by atoms with Crippen LogP contribution >= 0.6 is 0 Å². The minimum Gasteiger partial charge on any atom is -0.324 e. The summed E-state index contributed by atoms with van der Waals surface area (Å²) in [5.41, 5.74) is 6.49. The number of hydrogen-bond donors (Lipinski definition) is 2. The van der Waals surface area contributed by atoms with E-state index in [2.05, 4.69) is 86.6 Å². The highest BCUT2D eigenvalue weighted by molar-refractivity contribution is 5.96. The first-order valence-electron chi connectivity index (χ1n) is 18.1. The zero-order valence-electron chi connectivity index (χ0n) is 29.1. The van der Waals surface area contributed by atoms with Crippen molar-refractivity contribution < 1.29 is 14.1 Å². The van der Waals surface area contributed by atoms with Crippen molar-refractivity contribution in [2.75, 3.05) is 43.4 Å². The van der Waals surface area contributed by atoms with Crippen molar-refractivity contribution in [2.24, 2.45) is 0 Å². The molecule has 2 aromatic carbocycles. The molecule has 0 aliphatic carbocycles. The molecule has 0 radical (unpaired) electrons. The van der Waals surface area contributed by atoms with Crippen molar-refractivity contribution in [2.45, 2.75) is 130 Å². The van der Waals surface area contributed by atoms with Gasteiger partial charge in [-0.15, -0.1) is 0 Å². The molecule has 0 spiro atoms. The molecule has 3 unspecified atom stereocenters. The lowest BCUT2D eigenvalue weighted by atomic mass is 9.95. The Hall–Kier alpha value is -2.70. The summed E-state index contributed by atoms with van der Waals surface area (Å²) in [7, 11) is 0. The molecule has 3 atom stereocenters. The summed E-state index contributed by atoms with van der Waals surface area (Å²) in [6, 6.07) is 12.4. The lowest BCUT2D eigenvalue weighted by Gasteiger charge is -2.46. The van der Waals surface area contributed by atoms with Gasteiger partial charge in [-0.05, 0) is 121 Å². The average molecular weight is 618 g/mol. The SMILES string of the molecule is CCCC[N+]1(CCCCCN2CCCCC2C(=O)Nc2c(C)cccc2C)CCCCCCC1C(=O)Nc1c(C)cccc1C. The smallest absolute Gasteiger partial charge is 0.282 e. The van der Waals surface area contributed by atoms with E-state index >= 15 is 0 Å². The zero-order valence-corrected chi connectivity index (χ0v) is 29.1. The van der Waals surface area contributed by atoms with E-state index in [1.54, 1.807) is 0 Å². The highest BCUT2D eigenvalue weighted by Gasteiger charge is 2.41. The number of anilines is 2. The normalized spacial score (nSPS) is 22.8. The number of quaternary nitrogens is 1. The maximum atomic E-state index is 14.1. The number of nitrogens with one attached hydrogen (secondary N) is 2. The Labute approximate surface area is 273 Å². The van der Waals surface area contributed by atoms with Crippen molar-refractivity contribution in [1.82, 2.24) is 4.90 Å². The maximum Gasteiger partial charge on any atom is 0.282 e. The van der Waals surface area contributed by atoms with Crippen LogP contribution in [-0.2, 0) is 9.59 Å². The van der Waals surface area contributed by atoms with Crippen molar-refractivity contribution in [3.8, 4) is 0 Å². The molecule has 2 aliphatic rings. The van der Waals surface area contributed by atoms with Crippen molar-refractivity contribution in [3.63, 3.8) is 0 Å². The van der Waals surface area contributed by atoms with Gasteiger partial charge in [0.2, 0.25) is 5.91 Å². The summed E-state index contributed by atoms with van der Waals surface area (Å²) in [5.74, 6) is 0.367. The number of hydrogen-bond acceptors (Lipinski definition) is 3. The van der Waals surface area contributed by atoms with Crippen LogP contribution in [0, 0.1) is 27.7 Å². The van der Waals surface area contributed by atoms with Gasteiger partial charge in [-0.3, -0.25) is 14.5 Å². The van der Waals surface area contributed by atoms with E-state index in [1.165, 1.54) is 25.7 Å². The third-order valence-electron chi connectivity index (χ3n) is 10.7. The monoisotopic (exact) mass is 617 g/mol. The first-order valence-corrected chi connectivity index (χ1v) is 18.1. The Morgan fingerprint density at radius 3 is 1.93 bits per heavy atom. The summed E-state index contributed by atoms with van der Waals surface area (Å²) in [4.78, 5) is 30.0. The summed E-state index contributed by atoms with van der Waals surface area (Å²) < 4.78 is 0.940. The third-order valence-corrected chi connectivity index (χ3v) is 10.7. The van der Waals surface area contributed by atoms with Crippen LogP contribution < -0.4 is 10.6 Å². The fraction of sp³-hybridized carbons (Fsp3) is 0.641. The van der Waals surface area contributed by atoms with Crippen molar-refractivity contribution in [3.05, 3.63) is 58.7 Å². The Balaban J connectivity index is 1.39. The molecular weight excluding hydrogens is 556 g/mol. The molecule has 6 heteroatoms. The fourth-order valence-electron chi connectivity index (χ4n) is 7.96. The van der Waals surface area contributed by atoms with E-state index < -0.39 is 0 Å². The molecule has 6 nitrogen and oxygen atoms in total. The van der Waals surface area contributed by atoms with Gasteiger partial charge in [0.15, 0.2) is 6.04 Å². The molecule has 2 N–H and O–H groups in total. The van der Waals surface area contributed by atoms with Gasteiger partial charge >= 0.3 is 0 Å². The molecule has 0 saturated carbocycles. The number of carbonyl (C=O) groups is 2. The molecule has 2 aliphatic heterocycles. The number of carbonyl (C=O) groups excluding carboxylic acids is 2. The van der Waals surface area contributed by atoms with Crippen LogP contribution in [0.4, 0.5) is 11.4 Å². The van der Waals surface area contributed by atoms with Crippen molar-refractivity contribution in [1.29, 1.82) is 0 Å². The Morgan fingerprint density at radius 1 is 0.711 bits per heavy atom. The van der Waals surface area contributed by atoms with Crippen LogP contribution in [0.25, 0.3) is 0 Å². The molecule has 0 aromatic heterocycles. The van der Waals surface area contributed by atoms with E-state index in [9.17, 15) is 9.59 Å². The number of piperidine rings is 1. The van der Waals surface area contributed by atoms with Gasteiger partial charge in [0.25, 0.3) is 5.91 Å². The minimum atomic E-state index is -0.0481. The summed E-state index contributed by atoms with van der Waals surface area (Å²) >= 11 is 0. The van der Waals surface area contributed by atoms with E-state index in [-0.39, 0.29) is 23.9 Å². The number of unbranched alkanes of at least 4 members (excludes halogenated alkanes) is 3. The zero-order chi connectivity index (χ0) is 32.2. The van der Waals surface area contributed by atoms with Gasteiger partial charge in [0.1, 0.15) is 0 Å². The van der Waals surface area contributed by atoms with E-state index in [0.717, 1.165) is 129 Å². The number of para-hydroxylation sites is 2. The largest absolute Gasteiger partial charge is 0.324 e. The van der Waals surface area contributed by atoms with Crippen molar-refractivity contribution >= 4 is 23.2 Å². The highest BCUT2D eigenvalue weighted by atomic mass is 16.2. The molecule has 2 saturated heterocycles. The van der Waals surface area contributed by atoms with Gasteiger partial charge in [0, 0.05) is 17.8 Å². The fourth-order valence-corrected chi connectivity index (χ4v) is 7.96. The van der Waals surface area contributed by atoms with Gasteiger partial charge in [-0.2, -0.15) is 0 Å². The van der Waals surface area contributed by atoms with Crippen LogP contribution in [0.15, 0.2) is 36.4 Å². The molecule has 0 bridgehead atoms. The first kappa shape index (κ1) is 35.2. The van der Waals surface area contributed by atoms with Crippen LogP contribution in [-0.4, -0.2) is 66.0 Å². The number of nitrogens with zero attached hydrogens (tertiary/aromatic N) is 2. The first-order chi connectivity index (χ1) is 21.8. The third kappa shape index (κ3) is 9.42. The second-order valence-electron chi connectivity index (χ2n) is 14.1. The molecule has 2 amide bonds. The summed E-state index contributed by atoms with van der Waals surface area (Å²) in [5, 5.41) is 6.69. The lowest BCUT2D eigenvalue weighted by Crippen LogP contribution is -2.61. The predicted octanol–water partition coefficient (Wildman–Crippen LogP) is 8.47. The van der Waals surface area contributed by atoms with Gasteiger partial charge in [0.05, 0.1) is 25.7 Å². The second kappa shape index (κ2) is 17.3. The molecule has 45 heavy (non-hydrogen) atoms. The quantitative estimate of drug-likeness (QED) is 0.175. The number of rotatable bonds is 13. The molecular formula is C39H61N4O2+. The number of likely N-dealkylation sites (tertiary alicyclic amines) is 2. The predicted molar refractivity (Wildman–Crippen MR) is 189 cm³/mol. The summed E-state index contributed by atoms with van der Waals surface area (Å²) in [6.07, 6.45) is 14.7. The van der Waals surface area contributed by atoms with Crippen LogP contribution in [0.5, 0.6) is 0 Å². The highest BCUT2D eigenvalue weighted by Crippen LogP contribution is 2.30. The molecule has 2 heterocycles. The van der Waals surface area contributed by atoms with Gasteiger partial charge in [-0.25, -0.2) is 0 Å². The van der Waals surface area contributed by atoms with Crippen LogP contribution in [0.3, 0.4) is 0 Å². The Bertz CT molecular complexity index is 1220. The van der Waals surface area contributed by atoms with Crippen LogP contribution in [0.2, 0.25) is 0 Å². The molecule has 248 valence electrons. The lowest BCUT2D eigenvalue weighted by molar-refractivity contribution is -0.944. The summed E-state index contributed by atoms with van der Waals surface area (Å²) in [6.45, 7) is 15.9. The maximum absolute atomic E-state index is 14.1.